The Bertz CT molecular complexity index is 1200. The fourth-order valence-corrected chi connectivity index (χ4v) is 3.46. The number of hydrogen-bond donors (Lipinski definition) is 6. The van der Waals surface area contributed by atoms with Gasteiger partial charge in [0, 0.05) is 17.8 Å². The molecule has 0 bridgehead atoms. The van der Waals surface area contributed by atoms with Crippen molar-refractivity contribution in [3.63, 3.8) is 0 Å². The van der Waals surface area contributed by atoms with Crippen molar-refractivity contribution in [1.29, 1.82) is 0 Å². The first-order valence-electron chi connectivity index (χ1n) is 9.84. The summed E-state index contributed by atoms with van der Waals surface area (Å²) in [4.78, 5) is 42.3. The van der Waals surface area contributed by atoms with E-state index in [9.17, 15) is 19.5 Å². The Hall–Kier alpha value is -3.63. The zero-order valence-electron chi connectivity index (χ0n) is 17.0. The standard InChI is InChI=1S/C21H23ClN6O4/c22-17-12(5-8-14-16(17)19(30)28-21(24)27-14)10-25-13-6-3-11(4-7-13)18(29)26-15(20(31)32)2-1-9-23/h3-8,15,25H,1-2,9-10,23H2,(H,26,29)(H,31,32)(H3,24,27,28,30)/t15-/m0/s1. The van der Waals surface area contributed by atoms with Crippen LogP contribution in [-0.4, -0.2) is 39.5 Å². The third-order valence-electron chi connectivity index (χ3n) is 4.84. The number of aliphatic carboxylic acids is 1. The Morgan fingerprint density at radius 2 is 1.91 bits per heavy atom. The Labute approximate surface area is 188 Å². The molecular weight excluding hydrogens is 436 g/mol. The fraction of sp³-hybridized carbons (Fsp3) is 0.238. The lowest BCUT2D eigenvalue weighted by Gasteiger charge is -2.14. The van der Waals surface area contributed by atoms with Gasteiger partial charge in [-0.3, -0.25) is 14.6 Å². The zero-order chi connectivity index (χ0) is 23.3. The quantitative estimate of drug-likeness (QED) is 0.280. The molecule has 0 aliphatic heterocycles. The summed E-state index contributed by atoms with van der Waals surface area (Å²) in [5.74, 6) is -1.57. The minimum Gasteiger partial charge on any atom is -0.480 e. The summed E-state index contributed by atoms with van der Waals surface area (Å²) in [6.45, 7) is 0.671. The van der Waals surface area contributed by atoms with Gasteiger partial charge in [-0.1, -0.05) is 17.7 Å². The number of nitrogens with two attached hydrogens (primary N) is 2. The number of hydrogen-bond acceptors (Lipinski definition) is 7. The van der Waals surface area contributed by atoms with Crippen LogP contribution in [0.5, 0.6) is 0 Å². The molecule has 0 unspecified atom stereocenters. The van der Waals surface area contributed by atoms with Gasteiger partial charge >= 0.3 is 5.97 Å². The number of amides is 1. The number of carbonyl (C=O) groups excluding carboxylic acids is 1. The molecule has 11 heteroatoms. The Morgan fingerprint density at radius 1 is 1.19 bits per heavy atom. The van der Waals surface area contributed by atoms with Gasteiger partial charge in [0.25, 0.3) is 11.5 Å². The van der Waals surface area contributed by atoms with Gasteiger partial charge in [0.2, 0.25) is 5.95 Å². The number of benzene rings is 2. The molecule has 10 nitrogen and oxygen atoms in total. The average molecular weight is 459 g/mol. The normalized spacial score (nSPS) is 11.8. The zero-order valence-corrected chi connectivity index (χ0v) is 17.8. The molecule has 0 aliphatic carbocycles. The van der Waals surface area contributed by atoms with Gasteiger partial charge in [0.15, 0.2) is 0 Å². The number of anilines is 2. The van der Waals surface area contributed by atoms with Crippen LogP contribution in [0, 0.1) is 0 Å². The van der Waals surface area contributed by atoms with E-state index in [0.717, 1.165) is 0 Å². The number of aromatic amines is 1. The molecule has 0 saturated heterocycles. The molecule has 1 amide bonds. The van der Waals surface area contributed by atoms with E-state index >= 15 is 0 Å². The third kappa shape index (κ3) is 5.34. The smallest absolute Gasteiger partial charge is 0.326 e. The molecule has 1 heterocycles. The van der Waals surface area contributed by atoms with E-state index in [4.69, 9.17) is 23.1 Å². The summed E-state index contributed by atoms with van der Waals surface area (Å²) in [7, 11) is 0. The molecule has 32 heavy (non-hydrogen) atoms. The summed E-state index contributed by atoms with van der Waals surface area (Å²) in [6, 6.07) is 8.97. The van der Waals surface area contributed by atoms with Crippen molar-refractivity contribution in [2.24, 2.45) is 5.73 Å². The number of halogens is 1. The molecule has 3 rings (SSSR count). The molecule has 1 aromatic heterocycles. The Kier molecular flexibility index (Phi) is 7.29. The van der Waals surface area contributed by atoms with Crippen molar-refractivity contribution in [1.82, 2.24) is 15.3 Å². The monoisotopic (exact) mass is 458 g/mol. The third-order valence-corrected chi connectivity index (χ3v) is 5.27. The second-order valence-electron chi connectivity index (χ2n) is 7.11. The molecule has 1 atom stereocenters. The lowest BCUT2D eigenvalue weighted by molar-refractivity contribution is -0.139. The molecule has 8 N–H and O–H groups in total. The minimum atomic E-state index is -1.10. The van der Waals surface area contributed by atoms with Gasteiger partial charge in [-0.2, -0.15) is 0 Å². The number of nitrogens with one attached hydrogen (secondary N) is 3. The van der Waals surface area contributed by atoms with E-state index < -0.39 is 23.5 Å². The number of carboxylic acids is 1. The maximum atomic E-state index is 12.3. The number of fused-ring (bicyclic) bond motifs is 1. The van der Waals surface area contributed by atoms with Crippen LogP contribution in [0.4, 0.5) is 11.6 Å². The molecular formula is C21H23ClN6O4. The van der Waals surface area contributed by atoms with E-state index in [1.54, 1.807) is 36.4 Å². The summed E-state index contributed by atoms with van der Waals surface area (Å²) < 4.78 is 0. The number of carboxylic acid groups (broad SMARTS) is 1. The van der Waals surface area contributed by atoms with Gasteiger partial charge < -0.3 is 27.2 Å². The van der Waals surface area contributed by atoms with Crippen LogP contribution >= 0.6 is 11.6 Å². The Morgan fingerprint density at radius 3 is 2.56 bits per heavy atom. The molecule has 3 aromatic rings. The van der Waals surface area contributed by atoms with Gasteiger partial charge in [-0.25, -0.2) is 9.78 Å². The lowest BCUT2D eigenvalue weighted by atomic mass is 10.1. The van der Waals surface area contributed by atoms with Crippen LogP contribution < -0.4 is 27.7 Å². The van der Waals surface area contributed by atoms with Crippen LogP contribution in [0.2, 0.25) is 5.02 Å². The first-order valence-corrected chi connectivity index (χ1v) is 10.2. The van der Waals surface area contributed by atoms with Crippen LogP contribution in [0.1, 0.15) is 28.8 Å². The maximum absolute atomic E-state index is 12.3. The van der Waals surface area contributed by atoms with Crippen LogP contribution in [-0.2, 0) is 11.3 Å². The molecule has 2 aromatic carbocycles. The van der Waals surface area contributed by atoms with Crippen molar-refractivity contribution < 1.29 is 14.7 Å². The topological polar surface area (TPSA) is 176 Å². The second-order valence-corrected chi connectivity index (χ2v) is 7.49. The molecule has 0 aliphatic rings. The Balaban J connectivity index is 1.67. The van der Waals surface area contributed by atoms with Gasteiger partial charge in [0.05, 0.1) is 15.9 Å². The summed E-state index contributed by atoms with van der Waals surface area (Å²) >= 11 is 6.39. The SMILES string of the molecule is NCCC[C@H](NC(=O)c1ccc(NCc2ccc3nc(N)[nH]c(=O)c3c2Cl)cc1)C(=O)O. The number of nitrogens with zero attached hydrogens (tertiary/aromatic N) is 1. The number of aromatic nitrogens is 2. The largest absolute Gasteiger partial charge is 0.480 e. The van der Waals surface area contributed by atoms with Crippen molar-refractivity contribution in [2.75, 3.05) is 17.6 Å². The predicted molar refractivity (Wildman–Crippen MR) is 123 cm³/mol. The highest BCUT2D eigenvalue weighted by Gasteiger charge is 2.20. The fourth-order valence-electron chi connectivity index (χ4n) is 3.15. The number of nitrogen functional groups attached to an aromatic ring is 1. The van der Waals surface area contributed by atoms with Crippen LogP contribution in [0.25, 0.3) is 10.9 Å². The van der Waals surface area contributed by atoms with Gasteiger partial charge in [-0.05, 0) is 55.3 Å². The maximum Gasteiger partial charge on any atom is 0.326 e. The van der Waals surface area contributed by atoms with E-state index in [-0.39, 0.29) is 22.8 Å². The summed E-state index contributed by atoms with van der Waals surface area (Å²) in [5.41, 5.74) is 12.7. The van der Waals surface area contributed by atoms with Crippen LogP contribution in [0.3, 0.4) is 0 Å². The van der Waals surface area contributed by atoms with E-state index in [0.29, 0.717) is 41.8 Å². The summed E-state index contributed by atoms with van der Waals surface area (Å²) in [5, 5.41) is 15.4. The first kappa shape index (κ1) is 23.0. The van der Waals surface area contributed by atoms with Gasteiger partial charge in [0.1, 0.15) is 6.04 Å². The molecule has 0 fully saturated rings. The van der Waals surface area contributed by atoms with Crippen molar-refractivity contribution in [3.05, 3.63) is 62.9 Å². The van der Waals surface area contributed by atoms with Gasteiger partial charge in [-0.15, -0.1) is 0 Å². The van der Waals surface area contributed by atoms with E-state index in [1.165, 1.54) is 0 Å². The van der Waals surface area contributed by atoms with Crippen molar-refractivity contribution >= 4 is 46.0 Å². The summed E-state index contributed by atoms with van der Waals surface area (Å²) in [6.07, 6.45) is 0.751. The second kappa shape index (κ2) is 10.1. The number of carbonyl (C=O) groups is 2. The van der Waals surface area contributed by atoms with E-state index in [2.05, 4.69) is 20.6 Å². The lowest BCUT2D eigenvalue weighted by Crippen LogP contribution is -2.41. The highest BCUT2D eigenvalue weighted by Crippen LogP contribution is 2.25. The molecule has 0 radical (unpaired) electrons. The minimum absolute atomic E-state index is 0.0163. The molecule has 168 valence electrons. The highest BCUT2D eigenvalue weighted by molar-refractivity contribution is 6.36. The van der Waals surface area contributed by atoms with E-state index in [1.807, 2.05) is 0 Å². The predicted octanol–water partition coefficient (Wildman–Crippen LogP) is 1.69. The van der Waals surface area contributed by atoms with Crippen molar-refractivity contribution in [3.8, 4) is 0 Å². The average Bonchev–Trinajstić information content (AvgIpc) is 2.75. The number of rotatable bonds is 9. The van der Waals surface area contributed by atoms with Crippen LogP contribution in [0.15, 0.2) is 41.2 Å². The number of H-pyrrole nitrogens is 1. The highest BCUT2D eigenvalue weighted by atomic mass is 35.5. The molecule has 0 saturated carbocycles. The molecule has 0 spiro atoms. The first-order chi connectivity index (χ1) is 15.3. The van der Waals surface area contributed by atoms with Crippen molar-refractivity contribution in [2.45, 2.75) is 25.4 Å².